The molecule has 0 aliphatic rings. The molecule has 0 fully saturated rings. The molecule has 128 valence electrons. The van der Waals surface area contributed by atoms with Gasteiger partial charge >= 0.3 is 0 Å². The SMILES string of the molecule is CCCC(C(=O)NCc1ccc(O)c(OC)c1)c1ccc(Cl)cc1. The van der Waals surface area contributed by atoms with Crippen molar-refractivity contribution in [3.8, 4) is 11.5 Å². The van der Waals surface area contributed by atoms with E-state index in [2.05, 4.69) is 12.2 Å². The predicted octanol–water partition coefficient (Wildman–Crippen LogP) is 4.25. The first-order chi connectivity index (χ1) is 11.5. The number of hydrogen-bond acceptors (Lipinski definition) is 3. The van der Waals surface area contributed by atoms with Gasteiger partial charge in [0.25, 0.3) is 0 Å². The number of methoxy groups -OCH3 is 1. The van der Waals surface area contributed by atoms with Gasteiger partial charge in [-0.2, -0.15) is 0 Å². The van der Waals surface area contributed by atoms with E-state index in [0.29, 0.717) is 17.3 Å². The topological polar surface area (TPSA) is 58.6 Å². The Bertz CT molecular complexity index is 686. The van der Waals surface area contributed by atoms with Crippen molar-refractivity contribution in [2.75, 3.05) is 7.11 Å². The van der Waals surface area contributed by atoms with Gasteiger partial charge in [0.05, 0.1) is 13.0 Å². The zero-order valence-electron chi connectivity index (χ0n) is 13.9. The number of benzene rings is 2. The minimum Gasteiger partial charge on any atom is -0.504 e. The summed E-state index contributed by atoms with van der Waals surface area (Å²) in [5.41, 5.74) is 1.83. The lowest BCUT2D eigenvalue weighted by atomic mass is 9.93. The maximum atomic E-state index is 12.6. The number of hydrogen-bond donors (Lipinski definition) is 2. The minimum absolute atomic E-state index is 0.0220. The molecule has 1 amide bonds. The van der Waals surface area contributed by atoms with Crippen LogP contribution in [-0.4, -0.2) is 18.1 Å². The molecule has 0 aliphatic carbocycles. The Balaban J connectivity index is 2.06. The molecule has 0 aliphatic heterocycles. The van der Waals surface area contributed by atoms with Crippen LogP contribution in [-0.2, 0) is 11.3 Å². The van der Waals surface area contributed by atoms with E-state index in [1.54, 1.807) is 30.3 Å². The van der Waals surface area contributed by atoms with Crippen LogP contribution in [0.4, 0.5) is 0 Å². The molecule has 0 heterocycles. The van der Waals surface area contributed by atoms with Crippen molar-refractivity contribution in [2.24, 2.45) is 0 Å². The first-order valence-electron chi connectivity index (χ1n) is 7.94. The summed E-state index contributed by atoms with van der Waals surface area (Å²) in [6.07, 6.45) is 1.68. The highest BCUT2D eigenvalue weighted by Crippen LogP contribution is 2.27. The summed E-state index contributed by atoms with van der Waals surface area (Å²) >= 11 is 5.92. The van der Waals surface area contributed by atoms with Gasteiger partial charge in [-0.25, -0.2) is 0 Å². The molecule has 0 saturated carbocycles. The molecule has 0 aromatic heterocycles. The molecule has 2 aromatic carbocycles. The summed E-state index contributed by atoms with van der Waals surface area (Å²) in [5, 5.41) is 13.2. The number of rotatable bonds is 7. The largest absolute Gasteiger partial charge is 0.504 e. The molecule has 0 radical (unpaired) electrons. The molecule has 1 atom stereocenters. The lowest BCUT2D eigenvalue weighted by Crippen LogP contribution is -2.29. The maximum absolute atomic E-state index is 12.6. The summed E-state index contributed by atoms with van der Waals surface area (Å²) in [4.78, 5) is 12.6. The van der Waals surface area contributed by atoms with E-state index in [4.69, 9.17) is 16.3 Å². The van der Waals surface area contributed by atoms with Gasteiger partial charge in [0.2, 0.25) is 5.91 Å². The predicted molar refractivity (Wildman–Crippen MR) is 95.6 cm³/mol. The molecule has 0 saturated heterocycles. The van der Waals surface area contributed by atoms with Crippen molar-refractivity contribution in [3.63, 3.8) is 0 Å². The van der Waals surface area contributed by atoms with Crippen molar-refractivity contribution in [1.82, 2.24) is 5.32 Å². The third-order valence-corrected chi connectivity index (χ3v) is 4.13. The number of carbonyl (C=O) groups excluding carboxylic acids is 1. The van der Waals surface area contributed by atoms with E-state index in [0.717, 1.165) is 24.0 Å². The van der Waals surface area contributed by atoms with Crippen LogP contribution in [0, 0.1) is 0 Å². The van der Waals surface area contributed by atoms with E-state index in [9.17, 15) is 9.90 Å². The number of phenolic OH excluding ortho intramolecular Hbond substituents is 1. The minimum atomic E-state index is -0.203. The Morgan fingerprint density at radius 2 is 1.96 bits per heavy atom. The van der Waals surface area contributed by atoms with Crippen LogP contribution in [0.2, 0.25) is 5.02 Å². The third-order valence-electron chi connectivity index (χ3n) is 3.88. The second-order valence-corrected chi connectivity index (χ2v) is 6.05. The molecule has 5 heteroatoms. The van der Waals surface area contributed by atoms with E-state index >= 15 is 0 Å². The molecule has 2 N–H and O–H groups in total. The molecule has 0 bridgehead atoms. The quantitative estimate of drug-likeness (QED) is 0.787. The van der Waals surface area contributed by atoms with Crippen molar-refractivity contribution < 1.29 is 14.6 Å². The van der Waals surface area contributed by atoms with Gasteiger partial charge in [0.15, 0.2) is 11.5 Å². The maximum Gasteiger partial charge on any atom is 0.227 e. The lowest BCUT2D eigenvalue weighted by Gasteiger charge is -2.17. The average molecular weight is 348 g/mol. The normalized spacial score (nSPS) is 11.8. The Morgan fingerprint density at radius 1 is 1.25 bits per heavy atom. The van der Waals surface area contributed by atoms with Crippen molar-refractivity contribution in [1.29, 1.82) is 0 Å². The van der Waals surface area contributed by atoms with Gasteiger partial charge in [0, 0.05) is 11.6 Å². The summed E-state index contributed by atoms with van der Waals surface area (Å²) in [6, 6.07) is 12.4. The number of halogens is 1. The highest BCUT2D eigenvalue weighted by atomic mass is 35.5. The van der Waals surface area contributed by atoms with E-state index in [1.807, 2.05) is 12.1 Å². The van der Waals surface area contributed by atoms with Gasteiger partial charge in [-0.1, -0.05) is 43.1 Å². The zero-order valence-corrected chi connectivity index (χ0v) is 14.6. The van der Waals surface area contributed by atoms with E-state index in [-0.39, 0.29) is 17.6 Å². The Hall–Kier alpha value is -2.20. The standard InChI is InChI=1S/C19H22ClNO3/c1-3-4-16(14-6-8-15(20)9-7-14)19(23)21-12-13-5-10-17(22)18(11-13)24-2/h5-11,16,22H,3-4,12H2,1-2H3,(H,21,23). The molecule has 2 rings (SSSR count). The smallest absolute Gasteiger partial charge is 0.227 e. The number of amides is 1. The highest BCUT2D eigenvalue weighted by Gasteiger charge is 2.19. The fourth-order valence-electron chi connectivity index (χ4n) is 2.58. The van der Waals surface area contributed by atoms with Crippen LogP contribution in [0.25, 0.3) is 0 Å². The summed E-state index contributed by atoms with van der Waals surface area (Å²) in [7, 11) is 1.50. The van der Waals surface area contributed by atoms with Crippen molar-refractivity contribution in [3.05, 3.63) is 58.6 Å². The molecule has 4 nitrogen and oxygen atoms in total. The molecule has 0 spiro atoms. The van der Waals surface area contributed by atoms with Crippen molar-refractivity contribution in [2.45, 2.75) is 32.2 Å². The van der Waals surface area contributed by atoms with Crippen LogP contribution in [0.1, 0.15) is 36.8 Å². The number of aromatic hydroxyl groups is 1. The lowest BCUT2D eigenvalue weighted by molar-refractivity contribution is -0.122. The third kappa shape index (κ3) is 4.65. The first-order valence-corrected chi connectivity index (χ1v) is 8.32. The second kappa shape index (κ2) is 8.60. The summed E-state index contributed by atoms with van der Waals surface area (Å²) < 4.78 is 5.08. The molecule has 2 aromatic rings. The monoisotopic (exact) mass is 347 g/mol. The molecular formula is C19H22ClNO3. The van der Waals surface area contributed by atoms with Crippen LogP contribution < -0.4 is 10.1 Å². The highest BCUT2D eigenvalue weighted by molar-refractivity contribution is 6.30. The second-order valence-electron chi connectivity index (χ2n) is 5.62. The fourth-order valence-corrected chi connectivity index (χ4v) is 2.70. The Kier molecular flexibility index (Phi) is 6.50. The number of carbonyl (C=O) groups is 1. The van der Waals surface area contributed by atoms with Gasteiger partial charge in [-0.3, -0.25) is 4.79 Å². The van der Waals surface area contributed by atoms with Crippen LogP contribution in [0.15, 0.2) is 42.5 Å². The average Bonchev–Trinajstić information content (AvgIpc) is 2.59. The molecule has 24 heavy (non-hydrogen) atoms. The zero-order chi connectivity index (χ0) is 17.5. The number of phenols is 1. The molecule has 1 unspecified atom stereocenters. The van der Waals surface area contributed by atoms with Crippen molar-refractivity contribution >= 4 is 17.5 Å². The van der Waals surface area contributed by atoms with Gasteiger partial charge in [0.1, 0.15) is 0 Å². The van der Waals surface area contributed by atoms with Gasteiger partial charge < -0.3 is 15.2 Å². The van der Waals surface area contributed by atoms with E-state index in [1.165, 1.54) is 7.11 Å². The summed E-state index contributed by atoms with van der Waals surface area (Å²) in [5.74, 6) is 0.250. The van der Waals surface area contributed by atoms with Gasteiger partial charge in [-0.15, -0.1) is 0 Å². The first kappa shape index (κ1) is 18.1. The number of nitrogens with one attached hydrogen (secondary N) is 1. The Morgan fingerprint density at radius 3 is 2.58 bits per heavy atom. The fraction of sp³-hybridized carbons (Fsp3) is 0.316. The Labute approximate surface area is 147 Å². The molecular weight excluding hydrogens is 326 g/mol. The number of ether oxygens (including phenoxy) is 1. The van der Waals surface area contributed by atoms with Gasteiger partial charge in [-0.05, 0) is 41.8 Å². The van der Waals surface area contributed by atoms with E-state index < -0.39 is 0 Å². The van der Waals surface area contributed by atoms with Crippen LogP contribution >= 0.6 is 11.6 Å². The summed E-state index contributed by atoms with van der Waals surface area (Å²) in [6.45, 7) is 2.43. The van der Waals surface area contributed by atoms with Crippen LogP contribution in [0.3, 0.4) is 0 Å². The van der Waals surface area contributed by atoms with Crippen LogP contribution in [0.5, 0.6) is 11.5 Å².